The Morgan fingerprint density at radius 3 is 2.63 bits per heavy atom. The van der Waals surface area contributed by atoms with Crippen molar-refractivity contribution in [1.82, 2.24) is 4.72 Å². The summed E-state index contributed by atoms with van der Waals surface area (Å²) in [4.78, 5) is 0.783. The van der Waals surface area contributed by atoms with Crippen molar-refractivity contribution >= 4 is 15.6 Å². The predicted octanol–water partition coefficient (Wildman–Crippen LogP) is 5.96. The van der Waals surface area contributed by atoms with Crippen LogP contribution in [0.4, 0.5) is 0 Å². The van der Waals surface area contributed by atoms with Gasteiger partial charge in [0.05, 0.1) is 9.71 Å². The Morgan fingerprint density at radius 2 is 2.04 bits per heavy atom. The first-order valence-corrected chi connectivity index (χ1v) is 11.6. The quantitative estimate of drug-likeness (QED) is 0.283. The fraction of sp³-hybridized carbons (Fsp3) is 0.458. The highest BCUT2D eigenvalue weighted by molar-refractivity contribution is 7.98. The molecule has 27 heavy (non-hydrogen) atoms. The van der Waals surface area contributed by atoms with Crippen LogP contribution in [0.15, 0.2) is 65.1 Å². The number of aryl methyl sites for hydroxylation is 1. The van der Waals surface area contributed by atoms with Gasteiger partial charge in [-0.25, -0.2) is 8.93 Å². The summed E-state index contributed by atoms with van der Waals surface area (Å²) in [6, 6.07) is 8.04. The molecule has 0 saturated heterocycles. The van der Waals surface area contributed by atoms with Crippen molar-refractivity contribution in [2.75, 3.05) is 6.54 Å². The third-order valence-electron chi connectivity index (χ3n) is 5.26. The zero-order chi connectivity index (χ0) is 20.4. The Morgan fingerprint density at radius 1 is 1.33 bits per heavy atom. The van der Waals surface area contributed by atoms with E-state index in [1.54, 1.807) is 0 Å². The molecule has 1 N–H and O–H groups in total. The maximum atomic E-state index is 13.1. The van der Waals surface area contributed by atoms with E-state index in [-0.39, 0.29) is 0 Å². The summed E-state index contributed by atoms with van der Waals surface area (Å²) in [6.07, 6.45) is 9.36. The highest BCUT2D eigenvalue weighted by atomic mass is 32.2. The van der Waals surface area contributed by atoms with Crippen molar-refractivity contribution in [2.45, 2.75) is 58.8 Å². The van der Waals surface area contributed by atoms with Gasteiger partial charge in [0, 0.05) is 11.4 Å². The molecular weight excluding hydrogens is 350 g/mol. The van der Waals surface area contributed by atoms with Crippen LogP contribution in [0.1, 0.15) is 53.0 Å². The second-order valence-electron chi connectivity index (χ2n) is 7.49. The zero-order valence-corrected chi connectivity index (χ0v) is 18.6. The Balaban J connectivity index is 2.80. The highest BCUT2D eigenvalue weighted by Crippen LogP contribution is 2.20. The van der Waals surface area contributed by atoms with E-state index in [9.17, 15) is 4.21 Å². The van der Waals surface area contributed by atoms with E-state index >= 15 is 0 Å². The monoisotopic (exact) mass is 387 g/mol. The second kappa shape index (κ2) is 11.3. The van der Waals surface area contributed by atoms with Gasteiger partial charge in [-0.3, -0.25) is 0 Å². The first kappa shape index (κ1) is 23.5. The molecule has 0 bridgehead atoms. The van der Waals surface area contributed by atoms with Gasteiger partial charge in [-0.15, -0.1) is 0 Å². The van der Waals surface area contributed by atoms with Gasteiger partial charge in [0.1, 0.15) is 0 Å². The van der Waals surface area contributed by atoms with Crippen LogP contribution in [0.25, 0.3) is 0 Å². The summed E-state index contributed by atoms with van der Waals surface area (Å²) in [5.74, 6) is 4.73. The summed E-state index contributed by atoms with van der Waals surface area (Å²) in [7, 11) is -2.50. The van der Waals surface area contributed by atoms with Crippen LogP contribution >= 0.6 is 0 Å². The van der Waals surface area contributed by atoms with Gasteiger partial charge in [-0.05, 0) is 68.5 Å². The summed E-state index contributed by atoms with van der Waals surface area (Å²) in [5, 5.41) is 0. The molecule has 0 saturated carbocycles. The molecule has 2 unspecified atom stereocenters. The molecule has 0 fully saturated rings. The summed E-state index contributed by atoms with van der Waals surface area (Å²) in [6.45, 7) is 15.3. The number of benzene rings is 1. The van der Waals surface area contributed by atoms with Gasteiger partial charge in [0.15, 0.2) is 0 Å². The number of allylic oxidation sites excluding steroid dienone is 5. The molecule has 0 amide bonds. The van der Waals surface area contributed by atoms with Crippen molar-refractivity contribution in [3.05, 3.63) is 65.8 Å². The third kappa shape index (κ3) is 7.90. The van der Waals surface area contributed by atoms with Crippen LogP contribution in [0, 0.1) is 11.8 Å². The van der Waals surface area contributed by atoms with Crippen molar-refractivity contribution in [2.24, 2.45) is 11.8 Å². The number of rotatable bonds is 11. The van der Waals surface area contributed by atoms with E-state index in [0.717, 1.165) is 29.7 Å². The molecule has 150 valence electrons. The van der Waals surface area contributed by atoms with Gasteiger partial charge >= 0.3 is 0 Å². The van der Waals surface area contributed by atoms with Crippen molar-refractivity contribution in [1.29, 1.82) is 0 Å². The topological polar surface area (TPSA) is 29.1 Å². The zero-order valence-electron chi connectivity index (χ0n) is 17.8. The van der Waals surface area contributed by atoms with Crippen molar-refractivity contribution in [3.63, 3.8) is 0 Å². The smallest absolute Gasteiger partial charge is 0.0533 e. The van der Waals surface area contributed by atoms with Gasteiger partial charge in [-0.2, -0.15) is 0 Å². The van der Waals surface area contributed by atoms with Crippen LogP contribution in [0.5, 0.6) is 0 Å². The molecule has 1 rings (SSSR count). The average molecular weight is 388 g/mol. The molecule has 0 aliphatic rings. The predicted molar refractivity (Wildman–Crippen MR) is 123 cm³/mol. The standard InChI is InChI=1S/C24H37NOS/c1-8-10-12-22(9-2)15-16-23-13-11-14-24(17-23)27(7,26)25-18-20(5)21(6)19(3)4/h8,10-14,17,20-21H,3,7,9,15-16,18H2,1-2,4-6H3,(H,25,26)/b10-8-,22-12+/t20-,21?,27?/m1/s1. The van der Waals surface area contributed by atoms with Crippen LogP contribution in [0.3, 0.4) is 0 Å². The van der Waals surface area contributed by atoms with E-state index in [4.69, 9.17) is 0 Å². The summed E-state index contributed by atoms with van der Waals surface area (Å²) < 4.78 is 16.3. The van der Waals surface area contributed by atoms with Crippen LogP contribution in [-0.2, 0) is 16.1 Å². The summed E-state index contributed by atoms with van der Waals surface area (Å²) >= 11 is 0. The highest BCUT2D eigenvalue weighted by Gasteiger charge is 2.15. The Labute approximate surface area is 167 Å². The largest absolute Gasteiger partial charge is 0.248 e. The molecule has 0 aliphatic heterocycles. The average Bonchev–Trinajstić information content (AvgIpc) is 2.65. The van der Waals surface area contributed by atoms with E-state index in [1.165, 1.54) is 11.1 Å². The lowest BCUT2D eigenvalue weighted by molar-refractivity contribution is 0.438. The molecule has 1 aromatic carbocycles. The minimum atomic E-state index is -2.50. The van der Waals surface area contributed by atoms with E-state index in [1.807, 2.05) is 32.0 Å². The molecular formula is C24H37NOS. The lowest BCUT2D eigenvalue weighted by atomic mass is 9.91. The summed E-state index contributed by atoms with van der Waals surface area (Å²) in [5.41, 5.74) is 3.78. The van der Waals surface area contributed by atoms with Gasteiger partial charge < -0.3 is 0 Å². The Kier molecular flexibility index (Phi) is 9.82. The third-order valence-corrected chi connectivity index (χ3v) is 6.91. The van der Waals surface area contributed by atoms with Crippen molar-refractivity contribution < 1.29 is 4.21 Å². The Bertz CT molecular complexity index is 771. The molecule has 3 atom stereocenters. The minimum absolute atomic E-state index is 0.358. The normalized spacial score (nSPS) is 16.9. The van der Waals surface area contributed by atoms with E-state index in [2.05, 4.69) is 62.2 Å². The van der Waals surface area contributed by atoms with Crippen LogP contribution in [0.2, 0.25) is 0 Å². The molecule has 0 aromatic heterocycles. The SMILES string of the molecule is C=C(C)C(C)[C@H](C)CNS(=C)(=O)c1cccc(CC/C(=C/C=C\C)CC)c1. The molecule has 0 radical (unpaired) electrons. The molecule has 0 heterocycles. The maximum absolute atomic E-state index is 13.1. The Hall–Kier alpha value is -1.58. The molecule has 1 aromatic rings. The van der Waals surface area contributed by atoms with Gasteiger partial charge in [0.25, 0.3) is 0 Å². The molecule has 3 heteroatoms. The van der Waals surface area contributed by atoms with E-state index < -0.39 is 9.71 Å². The van der Waals surface area contributed by atoms with Crippen LogP contribution in [-0.4, -0.2) is 16.6 Å². The first-order valence-electron chi connectivity index (χ1n) is 9.88. The van der Waals surface area contributed by atoms with Gasteiger partial charge in [0.2, 0.25) is 0 Å². The van der Waals surface area contributed by atoms with Crippen LogP contribution < -0.4 is 4.72 Å². The fourth-order valence-electron chi connectivity index (χ4n) is 2.83. The first-order chi connectivity index (χ1) is 12.7. The van der Waals surface area contributed by atoms with E-state index in [0.29, 0.717) is 18.4 Å². The fourth-order valence-corrected chi connectivity index (χ4v) is 4.17. The van der Waals surface area contributed by atoms with Gasteiger partial charge in [-0.1, -0.05) is 68.9 Å². The number of hydrogen-bond donors (Lipinski definition) is 1. The van der Waals surface area contributed by atoms with Crippen molar-refractivity contribution in [3.8, 4) is 0 Å². The maximum Gasteiger partial charge on any atom is 0.0533 e. The second-order valence-corrected chi connectivity index (χ2v) is 9.60. The minimum Gasteiger partial charge on any atom is -0.248 e. The molecule has 0 spiro atoms. The lowest BCUT2D eigenvalue weighted by Gasteiger charge is -2.22. The lowest BCUT2D eigenvalue weighted by Crippen LogP contribution is -2.31. The number of nitrogens with one attached hydrogen (secondary N) is 1. The molecule has 2 nitrogen and oxygen atoms in total. The number of hydrogen-bond acceptors (Lipinski definition) is 1. The molecule has 0 aliphatic carbocycles.